The van der Waals surface area contributed by atoms with E-state index in [1.807, 2.05) is 18.2 Å². The number of hydrogen-bond donors (Lipinski definition) is 3. The number of carbonyl (C=O) groups excluding carboxylic acids is 1. The van der Waals surface area contributed by atoms with Gasteiger partial charge in [-0.1, -0.05) is 18.2 Å². The first kappa shape index (κ1) is 23.9. The Morgan fingerprint density at radius 1 is 1.21 bits per heavy atom. The van der Waals surface area contributed by atoms with E-state index in [0.29, 0.717) is 13.0 Å². The minimum Gasteiger partial charge on any atom is -0.356 e. The fourth-order valence-electron chi connectivity index (χ4n) is 3.96. The van der Waals surface area contributed by atoms with Crippen molar-refractivity contribution in [3.8, 4) is 0 Å². The molecule has 1 aromatic carbocycles. The van der Waals surface area contributed by atoms with Crippen molar-refractivity contribution in [2.45, 2.75) is 25.2 Å². The molecule has 1 atom stereocenters. The number of aliphatic imine (C=N–C) groups is 1. The first-order valence-electron chi connectivity index (χ1n) is 10.4. The zero-order valence-electron chi connectivity index (χ0n) is 17.6. The minimum atomic E-state index is 0. The van der Waals surface area contributed by atoms with Crippen molar-refractivity contribution < 1.29 is 4.79 Å². The molecule has 0 aliphatic carbocycles. The van der Waals surface area contributed by atoms with Gasteiger partial charge in [0.2, 0.25) is 5.91 Å². The molecule has 0 bridgehead atoms. The SMILES string of the molecule is CN=C(NCCCN1CCCN(C)CC1)NCC1CC(=O)Nc2ccccc21.I. The van der Waals surface area contributed by atoms with E-state index in [1.165, 1.54) is 25.1 Å². The Morgan fingerprint density at radius 2 is 2.03 bits per heavy atom. The number of halogens is 1. The maximum Gasteiger partial charge on any atom is 0.225 e. The summed E-state index contributed by atoms with van der Waals surface area (Å²) < 4.78 is 0. The fourth-order valence-corrected chi connectivity index (χ4v) is 3.96. The molecule has 162 valence electrons. The second-order valence-corrected chi connectivity index (χ2v) is 7.77. The third kappa shape index (κ3) is 7.42. The van der Waals surface area contributed by atoms with Gasteiger partial charge in [0.25, 0.3) is 0 Å². The van der Waals surface area contributed by atoms with Gasteiger partial charge in [0.1, 0.15) is 0 Å². The maximum atomic E-state index is 12.0. The zero-order chi connectivity index (χ0) is 19.8. The number of para-hydroxylation sites is 1. The van der Waals surface area contributed by atoms with E-state index in [9.17, 15) is 4.79 Å². The third-order valence-electron chi connectivity index (χ3n) is 5.60. The molecule has 3 N–H and O–H groups in total. The summed E-state index contributed by atoms with van der Waals surface area (Å²) in [7, 11) is 4.00. The lowest BCUT2D eigenvalue weighted by atomic mass is 9.90. The van der Waals surface area contributed by atoms with Crippen molar-refractivity contribution in [1.29, 1.82) is 0 Å². The molecule has 0 radical (unpaired) electrons. The van der Waals surface area contributed by atoms with Gasteiger partial charge >= 0.3 is 0 Å². The first-order valence-corrected chi connectivity index (χ1v) is 10.4. The molecule has 1 aromatic rings. The van der Waals surface area contributed by atoms with E-state index in [2.05, 4.69) is 43.9 Å². The molecule has 2 aliphatic rings. The van der Waals surface area contributed by atoms with Gasteiger partial charge in [0.15, 0.2) is 5.96 Å². The summed E-state index contributed by atoms with van der Waals surface area (Å²) in [6.07, 6.45) is 2.85. The quantitative estimate of drug-likeness (QED) is 0.234. The summed E-state index contributed by atoms with van der Waals surface area (Å²) in [5.41, 5.74) is 2.12. The van der Waals surface area contributed by atoms with Crippen molar-refractivity contribution in [3.63, 3.8) is 0 Å². The Balaban J connectivity index is 0.00000300. The summed E-state index contributed by atoms with van der Waals surface area (Å²) in [5, 5.41) is 9.75. The summed E-state index contributed by atoms with van der Waals surface area (Å²) in [5.74, 6) is 1.05. The average Bonchev–Trinajstić information content (AvgIpc) is 2.91. The average molecular weight is 514 g/mol. The van der Waals surface area contributed by atoms with Crippen molar-refractivity contribution in [2.24, 2.45) is 4.99 Å². The number of anilines is 1. The highest BCUT2D eigenvalue weighted by molar-refractivity contribution is 14.0. The number of hydrogen-bond acceptors (Lipinski definition) is 4. The van der Waals surface area contributed by atoms with Crippen LogP contribution in [-0.2, 0) is 4.79 Å². The molecule has 1 saturated heterocycles. The second kappa shape index (κ2) is 12.3. The number of nitrogens with zero attached hydrogens (tertiary/aromatic N) is 3. The van der Waals surface area contributed by atoms with Gasteiger partial charge in [-0.2, -0.15) is 0 Å². The van der Waals surface area contributed by atoms with E-state index < -0.39 is 0 Å². The lowest BCUT2D eigenvalue weighted by Crippen LogP contribution is -2.41. The van der Waals surface area contributed by atoms with Crippen LogP contribution >= 0.6 is 24.0 Å². The van der Waals surface area contributed by atoms with Gasteiger partial charge in [-0.25, -0.2) is 0 Å². The van der Waals surface area contributed by atoms with E-state index >= 15 is 0 Å². The number of likely N-dealkylation sites (N-methyl/N-ethyl adjacent to an activating group) is 1. The van der Waals surface area contributed by atoms with Gasteiger partial charge in [-0.05, 0) is 51.2 Å². The Bertz CT molecular complexity index is 683. The van der Waals surface area contributed by atoms with Crippen LogP contribution in [0.2, 0.25) is 0 Å². The molecule has 7 nitrogen and oxygen atoms in total. The Labute approximate surface area is 191 Å². The van der Waals surface area contributed by atoms with Gasteiger partial charge in [-0.15, -0.1) is 24.0 Å². The number of rotatable bonds is 6. The highest BCUT2D eigenvalue weighted by atomic mass is 127. The number of carbonyl (C=O) groups is 1. The fraction of sp³-hybridized carbons (Fsp3) is 0.619. The smallest absolute Gasteiger partial charge is 0.225 e. The van der Waals surface area contributed by atoms with Crippen LogP contribution in [0.15, 0.2) is 29.3 Å². The molecular weight excluding hydrogens is 479 g/mol. The topological polar surface area (TPSA) is 72.0 Å². The molecule has 1 amide bonds. The standard InChI is InChI=1S/C21H34N6O.HI/c1-22-21(23-9-5-11-27-12-6-10-26(2)13-14-27)24-16-17-15-20(28)25-19-8-4-3-7-18(17)19;/h3-4,7-8,17H,5-6,9-16H2,1-2H3,(H,25,28)(H2,22,23,24);1H. The predicted molar refractivity (Wildman–Crippen MR) is 130 cm³/mol. The number of amides is 1. The van der Waals surface area contributed by atoms with Crippen LogP contribution in [0.25, 0.3) is 0 Å². The Morgan fingerprint density at radius 3 is 2.86 bits per heavy atom. The molecule has 3 rings (SSSR count). The van der Waals surface area contributed by atoms with E-state index in [0.717, 1.165) is 44.2 Å². The Kier molecular flexibility index (Phi) is 10.2. The van der Waals surface area contributed by atoms with Crippen molar-refractivity contribution in [2.75, 3.05) is 65.2 Å². The Hall–Kier alpha value is -1.39. The molecule has 29 heavy (non-hydrogen) atoms. The van der Waals surface area contributed by atoms with Crippen LogP contribution in [0.1, 0.15) is 30.7 Å². The normalized spacial score (nSPS) is 20.8. The monoisotopic (exact) mass is 514 g/mol. The number of nitrogens with one attached hydrogen (secondary N) is 3. The molecular formula is C21H35IN6O. The minimum absolute atomic E-state index is 0. The van der Waals surface area contributed by atoms with Crippen LogP contribution in [0.5, 0.6) is 0 Å². The van der Waals surface area contributed by atoms with Gasteiger partial charge < -0.3 is 25.8 Å². The number of guanidine groups is 1. The summed E-state index contributed by atoms with van der Waals surface area (Å²) in [4.78, 5) is 21.3. The predicted octanol–water partition coefficient (Wildman–Crippen LogP) is 1.92. The van der Waals surface area contributed by atoms with Crippen LogP contribution in [0.4, 0.5) is 5.69 Å². The third-order valence-corrected chi connectivity index (χ3v) is 5.60. The van der Waals surface area contributed by atoms with Crippen molar-refractivity contribution >= 4 is 41.5 Å². The van der Waals surface area contributed by atoms with Gasteiger partial charge in [0.05, 0.1) is 0 Å². The lowest BCUT2D eigenvalue weighted by molar-refractivity contribution is -0.116. The maximum absolute atomic E-state index is 12.0. The first-order chi connectivity index (χ1) is 13.7. The van der Waals surface area contributed by atoms with Gasteiger partial charge in [0, 0.05) is 51.3 Å². The number of fused-ring (bicyclic) bond motifs is 1. The molecule has 2 heterocycles. The van der Waals surface area contributed by atoms with Crippen LogP contribution in [-0.4, -0.2) is 81.6 Å². The largest absolute Gasteiger partial charge is 0.356 e. The molecule has 8 heteroatoms. The number of benzene rings is 1. The van der Waals surface area contributed by atoms with Gasteiger partial charge in [-0.3, -0.25) is 9.79 Å². The highest BCUT2D eigenvalue weighted by Crippen LogP contribution is 2.31. The zero-order valence-corrected chi connectivity index (χ0v) is 19.9. The van der Waals surface area contributed by atoms with Crippen molar-refractivity contribution in [3.05, 3.63) is 29.8 Å². The van der Waals surface area contributed by atoms with E-state index in [-0.39, 0.29) is 35.8 Å². The second-order valence-electron chi connectivity index (χ2n) is 7.77. The molecule has 2 aliphatic heterocycles. The molecule has 1 unspecified atom stereocenters. The van der Waals surface area contributed by atoms with Crippen LogP contribution < -0.4 is 16.0 Å². The lowest BCUT2D eigenvalue weighted by Gasteiger charge is -2.26. The van der Waals surface area contributed by atoms with E-state index in [4.69, 9.17) is 0 Å². The highest BCUT2D eigenvalue weighted by Gasteiger charge is 2.24. The van der Waals surface area contributed by atoms with Crippen LogP contribution in [0.3, 0.4) is 0 Å². The summed E-state index contributed by atoms with van der Waals surface area (Å²) in [6.45, 7) is 7.43. The summed E-state index contributed by atoms with van der Waals surface area (Å²) >= 11 is 0. The van der Waals surface area contributed by atoms with Crippen molar-refractivity contribution in [1.82, 2.24) is 20.4 Å². The molecule has 0 aromatic heterocycles. The molecule has 0 saturated carbocycles. The van der Waals surface area contributed by atoms with E-state index in [1.54, 1.807) is 7.05 Å². The summed E-state index contributed by atoms with van der Waals surface area (Å²) in [6, 6.07) is 8.04. The molecule has 0 spiro atoms. The molecule has 1 fully saturated rings. The van der Waals surface area contributed by atoms with Crippen LogP contribution in [0, 0.1) is 0 Å².